The SMILES string of the molecule is CCCc1c(C)cc(C(CN)c2ccccc2F)nc1-c1cc(Cl)c(F)cc1F. The topological polar surface area (TPSA) is 38.9 Å². The van der Waals surface area contributed by atoms with Crippen molar-refractivity contribution in [3.63, 3.8) is 0 Å². The van der Waals surface area contributed by atoms with E-state index in [1.54, 1.807) is 18.2 Å². The van der Waals surface area contributed by atoms with Crippen LogP contribution in [0, 0.1) is 24.4 Å². The summed E-state index contributed by atoms with van der Waals surface area (Å²) < 4.78 is 42.7. The number of nitrogens with two attached hydrogens (primary N) is 1. The highest BCUT2D eigenvalue weighted by Gasteiger charge is 2.22. The summed E-state index contributed by atoms with van der Waals surface area (Å²) in [5.41, 5.74) is 9.16. The summed E-state index contributed by atoms with van der Waals surface area (Å²) >= 11 is 5.91. The lowest BCUT2D eigenvalue weighted by Crippen LogP contribution is -2.17. The molecule has 1 atom stereocenters. The normalized spacial score (nSPS) is 12.2. The molecule has 1 unspecified atom stereocenters. The first-order valence-electron chi connectivity index (χ1n) is 9.47. The van der Waals surface area contributed by atoms with Crippen LogP contribution in [0.3, 0.4) is 0 Å². The maximum atomic E-state index is 14.6. The lowest BCUT2D eigenvalue weighted by atomic mass is 9.90. The molecule has 0 aliphatic heterocycles. The number of rotatable bonds is 6. The van der Waals surface area contributed by atoms with E-state index in [4.69, 9.17) is 17.3 Å². The molecule has 0 spiro atoms. The van der Waals surface area contributed by atoms with Crippen LogP contribution in [0.15, 0.2) is 42.5 Å². The third kappa shape index (κ3) is 4.31. The van der Waals surface area contributed by atoms with Gasteiger partial charge >= 0.3 is 0 Å². The van der Waals surface area contributed by atoms with Crippen molar-refractivity contribution in [3.05, 3.63) is 87.3 Å². The van der Waals surface area contributed by atoms with Crippen molar-refractivity contribution in [1.29, 1.82) is 0 Å². The molecule has 3 aromatic rings. The molecule has 2 aromatic carbocycles. The Kier molecular flexibility index (Phi) is 6.60. The molecular weight excluding hydrogens is 397 g/mol. The van der Waals surface area contributed by atoms with E-state index in [0.717, 1.165) is 23.6 Å². The highest BCUT2D eigenvalue weighted by Crippen LogP contribution is 2.34. The third-order valence-corrected chi connectivity index (χ3v) is 5.30. The number of hydrogen-bond acceptors (Lipinski definition) is 2. The maximum Gasteiger partial charge on any atom is 0.144 e. The maximum absolute atomic E-state index is 14.6. The number of aromatic nitrogens is 1. The minimum atomic E-state index is -0.830. The predicted octanol–water partition coefficient (Wildman–Crippen LogP) is 6.17. The van der Waals surface area contributed by atoms with Crippen LogP contribution in [0.25, 0.3) is 11.3 Å². The highest BCUT2D eigenvalue weighted by molar-refractivity contribution is 6.31. The van der Waals surface area contributed by atoms with Gasteiger partial charge in [0.25, 0.3) is 0 Å². The van der Waals surface area contributed by atoms with Crippen molar-refractivity contribution in [2.45, 2.75) is 32.6 Å². The zero-order valence-corrected chi connectivity index (χ0v) is 17.0. The third-order valence-electron chi connectivity index (χ3n) is 5.01. The van der Waals surface area contributed by atoms with Crippen molar-refractivity contribution >= 4 is 11.6 Å². The number of halogens is 4. The van der Waals surface area contributed by atoms with Gasteiger partial charge in [0.05, 0.1) is 16.4 Å². The molecule has 0 amide bonds. The Hall–Kier alpha value is -2.37. The number of pyridine rings is 1. The zero-order valence-electron chi connectivity index (χ0n) is 16.3. The minimum absolute atomic E-state index is 0.120. The van der Waals surface area contributed by atoms with Crippen LogP contribution in [0.5, 0.6) is 0 Å². The molecule has 0 fully saturated rings. The highest BCUT2D eigenvalue weighted by atomic mass is 35.5. The van der Waals surface area contributed by atoms with Gasteiger partial charge in [-0.1, -0.05) is 43.1 Å². The van der Waals surface area contributed by atoms with Gasteiger partial charge in [0.15, 0.2) is 0 Å². The van der Waals surface area contributed by atoms with Crippen LogP contribution in [-0.4, -0.2) is 11.5 Å². The van der Waals surface area contributed by atoms with E-state index in [2.05, 4.69) is 4.98 Å². The van der Waals surface area contributed by atoms with Crippen molar-refractivity contribution in [1.82, 2.24) is 4.98 Å². The lowest BCUT2D eigenvalue weighted by molar-refractivity contribution is 0.584. The van der Waals surface area contributed by atoms with E-state index in [1.165, 1.54) is 12.1 Å². The van der Waals surface area contributed by atoms with Gasteiger partial charge in [-0.05, 0) is 48.2 Å². The summed E-state index contributed by atoms with van der Waals surface area (Å²) in [6, 6.07) is 10.2. The monoisotopic (exact) mass is 418 g/mol. The first kappa shape index (κ1) is 21.3. The molecule has 0 saturated heterocycles. The van der Waals surface area contributed by atoms with E-state index >= 15 is 0 Å². The van der Waals surface area contributed by atoms with Crippen LogP contribution in [-0.2, 0) is 6.42 Å². The second kappa shape index (κ2) is 8.97. The molecule has 2 nitrogen and oxygen atoms in total. The molecule has 152 valence electrons. The van der Waals surface area contributed by atoms with E-state index in [0.29, 0.717) is 23.4 Å². The van der Waals surface area contributed by atoms with E-state index < -0.39 is 17.6 Å². The second-order valence-corrected chi connectivity index (χ2v) is 7.40. The van der Waals surface area contributed by atoms with Gasteiger partial charge in [-0.25, -0.2) is 13.2 Å². The molecule has 0 radical (unpaired) electrons. The Morgan fingerprint density at radius 2 is 1.76 bits per heavy atom. The number of benzene rings is 2. The lowest BCUT2D eigenvalue weighted by Gasteiger charge is -2.20. The van der Waals surface area contributed by atoms with E-state index in [1.807, 2.05) is 19.9 Å². The standard InChI is InChI=1S/C23H22ClF3N2/c1-3-6-14-13(2)9-22(17(12-28)15-7-4-5-8-19(15)25)29-23(14)16-10-18(24)21(27)11-20(16)26/h4-5,7-11,17H,3,6,12,28H2,1-2H3. The van der Waals surface area contributed by atoms with Gasteiger partial charge in [-0.15, -0.1) is 0 Å². The van der Waals surface area contributed by atoms with Gasteiger partial charge in [-0.3, -0.25) is 4.98 Å². The molecule has 0 aliphatic rings. The average molecular weight is 419 g/mol. The smallest absolute Gasteiger partial charge is 0.144 e. The van der Waals surface area contributed by atoms with Gasteiger partial charge in [0, 0.05) is 24.1 Å². The molecule has 29 heavy (non-hydrogen) atoms. The quantitative estimate of drug-likeness (QED) is 0.486. The predicted molar refractivity (Wildman–Crippen MR) is 111 cm³/mol. The Morgan fingerprint density at radius 1 is 1.03 bits per heavy atom. The van der Waals surface area contributed by atoms with Crippen molar-refractivity contribution in [3.8, 4) is 11.3 Å². The van der Waals surface area contributed by atoms with E-state index in [9.17, 15) is 13.2 Å². The minimum Gasteiger partial charge on any atom is -0.329 e. The van der Waals surface area contributed by atoms with Crippen LogP contribution in [0.1, 0.15) is 41.6 Å². The molecule has 0 bridgehead atoms. The van der Waals surface area contributed by atoms with E-state index in [-0.39, 0.29) is 22.9 Å². The van der Waals surface area contributed by atoms with Crippen molar-refractivity contribution in [2.24, 2.45) is 5.73 Å². The van der Waals surface area contributed by atoms with Gasteiger partial charge in [0.1, 0.15) is 17.5 Å². The van der Waals surface area contributed by atoms with Crippen LogP contribution in [0.4, 0.5) is 13.2 Å². The molecular formula is C23H22ClF3N2. The summed E-state index contributed by atoms with van der Waals surface area (Å²) in [6.45, 7) is 4.04. The van der Waals surface area contributed by atoms with Gasteiger partial charge < -0.3 is 5.73 Å². The molecule has 0 aliphatic carbocycles. The Balaban J connectivity index is 2.24. The Morgan fingerprint density at radius 3 is 2.41 bits per heavy atom. The van der Waals surface area contributed by atoms with Crippen molar-refractivity contribution < 1.29 is 13.2 Å². The Labute approximate surface area is 173 Å². The Bertz CT molecular complexity index is 1040. The average Bonchev–Trinajstić information content (AvgIpc) is 2.68. The largest absolute Gasteiger partial charge is 0.329 e. The summed E-state index contributed by atoms with van der Waals surface area (Å²) in [5.74, 6) is -2.45. The van der Waals surface area contributed by atoms with Crippen molar-refractivity contribution in [2.75, 3.05) is 6.54 Å². The number of nitrogens with zero attached hydrogens (tertiary/aromatic N) is 1. The molecule has 3 rings (SSSR count). The van der Waals surface area contributed by atoms with Crippen LogP contribution >= 0.6 is 11.6 Å². The molecule has 6 heteroatoms. The molecule has 0 saturated carbocycles. The fourth-order valence-corrected chi connectivity index (χ4v) is 3.72. The van der Waals surface area contributed by atoms with Crippen LogP contribution < -0.4 is 5.73 Å². The molecule has 1 aromatic heterocycles. The molecule has 2 N–H and O–H groups in total. The zero-order chi connectivity index (χ0) is 21.1. The van der Waals surface area contributed by atoms with Gasteiger partial charge in [0.2, 0.25) is 0 Å². The summed E-state index contributed by atoms with van der Waals surface area (Å²) in [6.07, 6.45) is 1.48. The second-order valence-electron chi connectivity index (χ2n) is 7.00. The molecule has 1 heterocycles. The first-order valence-corrected chi connectivity index (χ1v) is 9.85. The van der Waals surface area contributed by atoms with Gasteiger partial charge in [-0.2, -0.15) is 0 Å². The number of aryl methyl sites for hydroxylation is 1. The summed E-state index contributed by atoms with van der Waals surface area (Å²) in [5, 5.41) is -0.182. The summed E-state index contributed by atoms with van der Waals surface area (Å²) in [4.78, 5) is 4.67. The first-order chi connectivity index (χ1) is 13.9. The fourth-order valence-electron chi connectivity index (χ4n) is 3.56. The fraction of sp³-hybridized carbons (Fsp3) is 0.261. The summed E-state index contributed by atoms with van der Waals surface area (Å²) in [7, 11) is 0. The number of hydrogen-bond donors (Lipinski definition) is 1. The van der Waals surface area contributed by atoms with Crippen LogP contribution in [0.2, 0.25) is 5.02 Å².